The lowest BCUT2D eigenvalue weighted by Crippen LogP contribution is -2.46. The molecule has 1 amide bonds. The summed E-state index contributed by atoms with van der Waals surface area (Å²) in [5.41, 5.74) is 1.06. The van der Waals surface area contributed by atoms with Crippen LogP contribution in [0.25, 0.3) is 0 Å². The van der Waals surface area contributed by atoms with Crippen LogP contribution in [-0.2, 0) is 4.79 Å². The third kappa shape index (κ3) is 7.16. The summed E-state index contributed by atoms with van der Waals surface area (Å²) in [5, 5.41) is 3.13. The van der Waals surface area contributed by atoms with Gasteiger partial charge in [-0.05, 0) is 33.4 Å². The number of nitrogens with one attached hydrogen (secondary N) is 1. The minimum absolute atomic E-state index is 0.0101. The smallest absolute Gasteiger partial charge is 0.223 e. The van der Waals surface area contributed by atoms with Gasteiger partial charge in [-0.25, -0.2) is 0 Å². The molecule has 0 radical (unpaired) electrons. The van der Waals surface area contributed by atoms with E-state index in [2.05, 4.69) is 30.6 Å². The molecule has 0 rings (SSSR count). The van der Waals surface area contributed by atoms with E-state index in [1.807, 2.05) is 27.9 Å². The Labute approximate surface area is 106 Å². The summed E-state index contributed by atoms with van der Waals surface area (Å²) < 4.78 is 0. The first-order valence-electron chi connectivity index (χ1n) is 6.33. The fourth-order valence-electron chi connectivity index (χ4n) is 1.76. The molecule has 0 aliphatic heterocycles. The van der Waals surface area contributed by atoms with E-state index in [1.54, 1.807) is 0 Å². The number of carbonyl (C=O) groups excluding carboxylic acids is 1. The summed E-state index contributed by atoms with van der Waals surface area (Å²) in [4.78, 5) is 14.1. The van der Waals surface area contributed by atoms with Crippen molar-refractivity contribution in [2.75, 3.05) is 20.6 Å². The highest BCUT2D eigenvalue weighted by molar-refractivity contribution is 5.78. The van der Waals surface area contributed by atoms with Crippen LogP contribution in [-0.4, -0.2) is 37.5 Å². The molecule has 0 fully saturated rings. The Morgan fingerprint density at radius 3 is 2.18 bits per heavy atom. The van der Waals surface area contributed by atoms with Crippen LogP contribution in [0.4, 0.5) is 0 Å². The van der Waals surface area contributed by atoms with Crippen LogP contribution in [0.5, 0.6) is 0 Å². The molecule has 0 spiro atoms. The summed E-state index contributed by atoms with van der Waals surface area (Å²) in [5.74, 6) is 0.586. The number of carbonyl (C=O) groups is 1. The average Bonchev–Trinajstić information content (AvgIpc) is 2.14. The van der Waals surface area contributed by atoms with Gasteiger partial charge >= 0.3 is 0 Å². The third-order valence-electron chi connectivity index (χ3n) is 2.80. The van der Waals surface area contributed by atoms with Crippen LogP contribution in [0.15, 0.2) is 12.2 Å². The SMILES string of the molecule is C=C(C)CC(C)C(=O)NC(CN(C)C)C(C)C. The number of hydrogen-bond acceptors (Lipinski definition) is 2. The van der Waals surface area contributed by atoms with Crippen LogP contribution in [0.2, 0.25) is 0 Å². The largest absolute Gasteiger partial charge is 0.352 e. The van der Waals surface area contributed by atoms with E-state index in [0.717, 1.165) is 18.5 Å². The number of allylic oxidation sites excluding steroid dienone is 1. The van der Waals surface area contributed by atoms with Crippen LogP contribution in [0.1, 0.15) is 34.1 Å². The van der Waals surface area contributed by atoms with Gasteiger partial charge in [0.05, 0.1) is 0 Å². The summed E-state index contributed by atoms with van der Waals surface area (Å²) in [6, 6.07) is 0.213. The van der Waals surface area contributed by atoms with Crippen molar-refractivity contribution in [3.63, 3.8) is 0 Å². The minimum Gasteiger partial charge on any atom is -0.352 e. The zero-order valence-corrected chi connectivity index (χ0v) is 12.2. The van der Waals surface area contributed by atoms with Gasteiger partial charge in [-0.2, -0.15) is 0 Å². The van der Waals surface area contributed by atoms with Gasteiger partial charge in [-0.1, -0.05) is 26.3 Å². The molecule has 2 atom stereocenters. The van der Waals surface area contributed by atoms with Crippen molar-refractivity contribution in [1.82, 2.24) is 10.2 Å². The quantitative estimate of drug-likeness (QED) is 0.693. The fourth-order valence-corrected chi connectivity index (χ4v) is 1.76. The molecule has 0 aliphatic rings. The van der Waals surface area contributed by atoms with Gasteiger partial charge in [0.25, 0.3) is 0 Å². The van der Waals surface area contributed by atoms with Gasteiger partial charge in [0.2, 0.25) is 5.91 Å². The molecule has 3 heteroatoms. The van der Waals surface area contributed by atoms with Gasteiger partial charge in [0.1, 0.15) is 0 Å². The van der Waals surface area contributed by atoms with Gasteiger partial charge < -0.3 is 10.2 Å². The molecule has 0 aromatic carbocycles. The number of hydrogen-bond donors (Lipinski definition) is 1. The molecule has 1 N–H and O–H groups in total. The van der Waals surface area contributed by atoms with Crippen molar-refractivity contribution < 1.29 is 4.79 Å². The van der Waals surface area contributed by atoms with Crippen molar-refractivity contribution in [3.8, 4) is 0 Å². The van der Waals surface area contributed by atoms with Crippen LogP contribution in [0, 0.1) is 11.8 Å². The van der Waals surface area contributed by atoms with E-state index in [4.69, 9.17) is 0 Å². The lowest BCUT2D eigenvalue weighted by Gasteiger charge is -2.27. The van der Waals surface area contributed by atoms with E-state index in [9.17, 15) is 4.79 Å². The van der Waals surface area contributed by atoms with Crippen molar-refractivity contribution in [2.45, 2.75) is 40.2 Å². The third-order valence-corrected chi connectivity index (χ3v) is 2.80. The molecule has 2 unspecified atom stereocenters. The highest BCUT2D eigenvalue weighted by Gasteiger charge is 2.20. The summed E-state index contributed by atoms with van der Waals surface area (Å²) in [6.45, 7) is 12.9. The van der Waals surface area contributed by atoms with E-state index in [-0.39, 0.29) is 17.9 Å². The van der Waals surface area contributed by atoms with Crippen LogP contribution in [0.3, 0.4) is 0 Å². The molecule has 0 bridgehead atoms. The van der Waals surface area contributed by atoms with Crippen molar-refractivity contribution in [2.24, 2.45) is 11.8 Å². The normalized spacial score (nSPS) is 14.8. The maximum atomic E-state index is 12.0. The van der Waals surface area contributed by atoms with Crippen molar-refractivity contribution in [3.05, 3.63) is 12.2 Å². The molecular weight excluding hydrogens is 212 g/mol. The van der Waals surface area contributed by atoms with E-state index < -0.39 is 0 Å². The Morgan fingerprint density at radius 2 is 1.82 bits per heavy atom. The maximum absolute atomic E-state index is 12.0. The van der Waals surface area contributed by atoms with Gasteiger partial charge in [0.15, 0.2) is 0 Å². The van der Waals surface area contributed by atoms with Gasteiger partial charge in [0, 0.05) is 18.5 Å². The first-order valence-corrected chi connectivity index (χ1v) is 6.33. The summed E-state index contributed by atoms with van der Waals surface area (Å²) in [7, 11) is 4.05. The molecule has 0 heterocycles. The van der Waals surface area contributed by atoms with Gasteiger partial charge in [-0.3, -0.25) is 4.79 Å². The number of rotatable bonds is 7. The topological polar surface area (TPSA) is 32.3 Å². The van der Waals surface area contributed by atoms with Crippen LogP contribution < -0.4 is 5.32 Å². The van der Waals surface area contributed by atoms with Crippen molar-refractivity contribution in [1.29, 1.82) is 0 Å². The highest BCUT2D eigenvalue weighted by Crippen LogP contribution is 2.11. The molecule has 17 heavy (non-hydrogen) atoms. The Morgan fingerprint density at radius 1 is 1.29 bits per heavy atom. The van der Waals surface area contributed by atoms with Crippen LogP contribution >= 0.6 is 0 Å². The minimum atomic E-state index is 0.0101. The van der Waals surface area contributed by atoms with E-state index in [1.165, 1.54) is 0 Å². The Bertz CT molecular complexity index is 259. The van der Waals surface area contributed by atoms with Crippen molar-refractivity contribution >= 4 is 5.91 Å². The molecular formula is C14H28N2O. The highest BCUT2D eigenvalue weighted by atomic mass is 16.1. The Balaban J connectivity index is 4.34. The number of nitrogens with zero attached hydrogens (tertiary/aromatic N) is 1. The zero-order valence-electron chi connectivity index (χ0n) is 12.2. The predicted molar refractivity (Wildman–Crippen MR) is 73.9 cm³/mol. The number of likely N-dealkylation sites (N-methyl/N-ethyl adjacent to an activating group) is 1. The molecule has 0 saturated carbocycles. The monoisotopic (exact) mass is 240 g/mol. The maximum Gasteiger partial charge on any atom is 0.223 e. The second kappa shape index (κ2) is 7.49. The average molecular weight is 240 g/mol. The van der Waals surface area contributed by atoms with Gasteiger partial charge in [-0.15, -0.1) is 6.58 Å². The first kappa shape index (κ1) is 16.2. The molecule has 0 saturated heterocycles. The molecule has 0 aromatic rings. The summed E-state index contributed by atoms with van der Waals surface area (Å²) in [6.07, 6.45) is 0.763. The fraction of sp³-hybridized carbons (Fsp3) is 0.786. The zero-order chi connectivity index (χ0) is 13.6. The Hall–Kier alpha value is -0.830. The van der Waals surface area contributed by atoms with E-state index in [0.29, 0.717) is 5.92 Å². The lowest BCUT2D eigenvalue weighted by molar-refractivity contribution is -0.125. The second-order valence-corrected chi connectivity index (χ2v) is 5.68. The first-order chi connectivity index (χ1) is 7.73. The summed E-state index contributed by atoms with van der Waals surface area (Å²) >= 11 is 0. The number of amides is 1. The van der Waals surface area contributed by atoms with E-state index >= 15 is 0 Å². The molecule has 0 aromatic heterocycles. The molecule has 0 aliphatic carbocycles. The second-order valence-electron chi connectivity index (χ2n) is 5.68. The standard InChI is InChI=1S/C14H28N2O/c1-10(2)8-12(5)14(17)15-13(11(3)4)9-16(6)7/h11-13H,1,8-9H2,2-7H3,(H,15,17). The molecule has 3 nitrogen and oxygen atoms in total. The molecule has 100 valence electrons. The predicted octanol–water partition coefficient (Wildman–Crippen LogP) is 2.29. The Kier molecular flexibility index (Phi) is 7.12. The lowest BCUT2D eigenvalue weighted by atomic mass is 9.99.